The molecule has 5 aromatic carbocycles. The molecule has 0 spiro atoms. The number of hydrogen-bond donors (Lipinski definition) is 1. The van der Waals surface area contributed by atoms with Gasteiger partial charge in [-0.3, -0.25) is 18.9 Å². The summed E-state index contributed by atoms with van der Waals surface area (Å²) in [6.45, 7) is 21.3. The largest absolute Gasteiger partial charge is 0.522 e. The van der Waals surface area contributed by atoms with Crippen molar-refractivity contribution in [1.29, 1.82) is 0 Å². The smallest absolute Gasteiger partial charge is 0.275 e. The fourth-order valence-electron chi connectivity index (χ4n) is 11.2. The fraction of sp³-hybridized carbons (Fsp3) is 0.477. The number of para-hydroxylation sites is 2. The van der Waals surface area contributed by atoms with E-state index in [9.17, 15) is 27.4 Å². The van der Waals surface area contributed by atoms with Gasteiger partial charge < -0.3 is 48.0 Å². The molecule has 2 amide bonds. The molecule has 85 heavy (non-hydrogen) atoms. The molecule has 459 valence electrons. The van der Waals surface area contributed by atoms with Crippen molar-refractivity contribution >= 4 is 72.1 Å². The Balaban J connectivity index is 0.00000227. The summed E-state index contributed by atoms with van der Waals surface area (Å²) in [7, 11) is 3.64. The topological polar surface area (TPSA) is 174 Å². The van der Waals surface area contributed by atoms with E-state index in [0.29, 0.717) is 92.4 Å². The summed E-state index contributed by atoms with van der Waals surface area (Å²) < 4.78 is 70.1. The Hall–Kier alpha value is -4.70. The number of aryl methyl sites for hydroxylation is 2. The predicted molar refractivity (Wildman–Crippen MR) is 340 cm³/mol. The molecule has 9 rings (SSSR count). The van der Waals surface area contributed by atoms with Gasteiger partial charge in [0.05, 0.1) is 45.7 Å². The van der Waals surface area contributed by atoms with Gasteiger partial charge in [-0.25, -0.2) is 6.54 Å². The van der Waals surface area contributed by atoms with Crippen molar-refractivity contribution in [3.63, 3.8) is 0 Å². The minimum absolute atomic E-state index is 0. The summed E-state index contributed by atoms with van der Waals surface area (Å²) in [6, 6.07) is 30.0. The SMILES string of the molecule is CC.CC.CCC(=O)C(CCSSC(C)(C)CN(CCOCCOCCOC)c1cc(COc2cc3c(cc2C)C(=O)N2c4ccccc4C[C@H]2CC3)cc(COc2cc3c(cc2OC)C(=O)N2c4ccccc4C[C@H]2[CH-]N3C)c1)S(=O)(=O)O.[Y]. The summed E-state index contributed by atoms with van der Waals surface area (Å²) in [5.41, 5.74) is 10.5. The maximum Gasteiger partial charge on any atom is 0.275 e. The number of anilines is 4. The number of hydrogen-bond acceptors (Lipinski definition) is 15. The van der Waals surface area contributed by atoms with Crippen LogP contribution in [0.3, 0.4) is 0 Å². The molecule has 4 aliphatic heterocycles. The van der Waals surface area contributed by atoms with Crippen LogP contribution in [0.2, 0.25) is 0 Å². The molecule has 0 aromatic heterocycles. The van der Waals surface area contributed by atoms with Crippen LogP contribution in [-0.4, -0.2) is 126 Å². The van der Waals surface area contributed by atoms with Crippen molar-refractivity contribution in [1.82, 2.24) is 0 Å². The number of nitrogens with zero attached hydrogens (tertiary/aromatic N) is 4. The number of likely N-dealkylation sites (N-methyl/N-ethyl adjacent to an activating group) is 1. The van der Waals surface area contributed by atoms with E-state index in [1.807, 2.05) is 111 Å². The third-order valence-electron chi connectivity index (χ3n) is 15.1. The van der Waals surface area contributed by atoms with Gasteiger partial charge in [-0.1, -0.05) is 98.6 Å². The predicted octanol–water partition coefficient (Wildman–Crippen LogP) is 12.2. The van der Waals surface area contributed by atoms with Gasteiger partial charge in [0, 0.05) is 110 Å². The molecule has 20 heteroatoms. The van der Waals surface area contributed by atoms with E-state index in [1.165, 1.54) is 16.4 Å². The van der Waals surface area contributed by atoms with Gasteiger partial charge >= 0.3 is 0 Å². The monoisotopic (exact) mass is 1300 g/mol. The van der Waals surface area contributed by atoms with Crippen molar-refractivity contribution in [3.05, 3.63) is 142 Å². The Morgan fingerprint density at radius 3 is 2.02 bits per heavy atom. The number of methoxy groups -OCH3 is 2. The molecule has 3 atom stereocenters. The molecule has 0 saturated carbocycles. The van der Waals surface area contributed by atoms with E-state index < -0.39 is 25.9 Å². The second-order valence-corrected chi connectivity index (χ2v) is 26.1. The summed E-state index contributed by atoms with van der Waals surface area (Å²) in [6.07, 6.45) is 3.14. The standard InChI is InChI=1S/C61H73N4O12S3.2C2H6.Y/c1-8-54(66)58(80(69,70)71)19-26-78-79-61(3,4)39-63(20-21-74-24-25-75-23-22-72-6)47-29-41(37-76-55-33-43-17-18-46-31-44-13-9-11-15-51(44)64(46)59(67)49(43)27-40(55)2)28-42(30-47)38-77-57-35-53-50(34-56(57)73-7)60(68)65-48(36-62(53)5)32-45-14-10-12-16-52(45)65;2*1-2;/h9-16,27-30,33-36,46,48,58H,8,17-26,31-32,37-39H2,1-7H3,(H,69,70,71);2*1-2H3;/q-1;;;/t46-,48+,58?;;;/m1.../s1. The molecule has 0 aliphatic carbocycles. The summed E-state index contributed by atoms with van der Waals surface area (Å²) in [5.74, 6) is 1.30. The van der Waals surface area contributed by atoms with Crippen molar-refractivity contribution in [2.45, 2.75) is 129 Å². The maximum atomic E-state index is 14.4. The van der Waals surface area contributed by atoms with Crippen LogP contribution in [0.25, 0.3) is 0 Å². The molecule has 1 N–H and O–H groups in total. The normalized spacial score (nSPS) is 16.1. The van der Waals surface area contributed by atoms with Gasteiger partial charge in [-0.15, -0.1) is 0 Å². The number of fused-ring (bicyclic) bond motifs is 8. The molecule has 4 aliphatic rings. The number of Topliss-reactive ketones (excluding diaryl/α,β-unsaturated/α-hetero) is 1. The second-order valence-electron chi connectivity index (χ2n) is 21.3. The zero-order valence-corrected chi connectivity index (χ0v) is 56.6. The molecule has 1 radical (unpaired) electrons. The first-order valence-corrected chi connectivity index (χ1v) is 33.1. The Labute approximate surface area is 537 Å². The van der Waals surface area contributed by atoms with E-state index in [2.05, 4.69) is 55.6 Å². The number of ether oxygens (including phenoxy) is 6. The first-order valence-electron chi connectivity index (χ1n) is 29.3. The molecule has 16 nitrogen and oxygen atoms in total. The molecule has 0 saturated heterocycles. The van der Waals surface area contributed by atoms with Crippen LogP contribution in [0.4, 0.5) is 22.7 Å². The van der Waals surface area contributed by atoms with Crippen LogP contribution in [0, 0.1) is 13.5 Å². The first kappa shape index (κ1) is 69.4. The van der Waals surface area contributed by atoms with Gasteiger partial charge in [-0.2, -0.15) is 8.42 Å². The third-order valence-corrected chi connectivity index (χ3v) is 19.6. The Morgan fingerprint density at radius 2 is 1.38 bits per heavy atom. The van der Waals surface area contributed by atoms with Gasteiger partial charge in [-0.05, 0) is 142 Å². The molecule has 4 heterocycles. The van der Waals surface area contributed by atoms with Crippen molar-refractivity contribution in [3.8, 4) is 17.2 Å². The first-order chi connectivity index (χ1) is 40.5. The van der Waals surface area contributed by atoms with Crippen LogP contribution in [0.1, 0.15) is 122 Å². The van der Waals surface area contributed by atoms with Gasteiger partial charge in [0.15, 0.2) is 17.3 Å². The molecular weight excluding hydrogens is 1210 g/mol. The summed E-state index contributed by atoms with van der Waals surface area (Å²) in [5, 5.41) is -1.46. The van der Waals surface area contributed by atoms with Crippen molar-refractivity contribution in [2.75, 3.05) is 92.7 Å². The molecular formula is C65H85N4O12S3Y-. The van der Waals surface area contributed by atoms with Crippen LogP contribution < -0.4 is 33.8 Å². The van der Waals surface area contributed by atoms with Crippen molar-refractivity contribution < 1.29 is 88.5 Å². The molecule has 0 bridgehead atoms. The molecule has 5 aromatic rings. The van der Waals surface area contributed by atoms with Crippen LogP contribution in [-0.2, 0) is 94.3 Å². The van der Waals surface area contributed by atoms with E-state index in [-0.39, 0.29) is 82.7 Å². The van der Waals surface area contributed by atoms with Crippen LogP contribution in [0.5, 0.6) is 17.2 Å². The van der Waals surface area contributed by atoms with Gasteiger partial charge in [0.25, 0.3) is 21.9 Å². The van der Waals surface area contributed by atoms with Crippen LogP contribution >= 0.6 is 21.6 Å². The average molecular weight is 1300 g/mol. The Bertz CT molecular complexity index is 3180. The number of carbonyl (C=O) groups is 3. The Morgan fingerprint density at radius 1 is 0.765 bits per heavy atom. The van der Waals surface area contributed by atoms with E-state index in [0.717, 1.165) is 64.1 Å². The molecule has 1 unspecified atom stereocenters. The maximum absolute atomic E-state index is 14.4. The number of ketones is 1. The van der Waals surface area contributed by atoms with Gasteiger partial charge in [0.2, 0.25) is 0 Å². The zero-order valence-electron chi connectivity index (χ0n) is 51.3. The number of rotatable bonds is 27. The van der Waals surface area contributed by atoms with E-state index >= 15 is 0 Å². The average Bonchev–Trinajstić information content (AvgIpc) is 2.88. The number of carbonyl (C=O) groups excluding carboxylic acids is 3. The summed E-state index contributed by atoms with van der Waals surface area (Å²) in [4.78, 5) is 49.3. The number of amides is 2. The molecule has 0 fully saturated rings. The van der Waals surface area contributed by atoms with Crippen LogP contribution in [0.15, 0.2) is 91.0 Å². The fourth-order valence-corrected chi connectivity index (χ4v) is 14.8. The zero-order chi connectivity index (χ0) is 60.7. The van der Waals surface area contributed by atoms with Gasteiger partial charge in [0.1, 0.15) is 24.2 Å². The third kappa shape index (κ3) is 17.3. The second kappa shape index (κ2) is 32.5. The Kier molecular flexibility index (Phi) is 26.5. The number of benzene rings is 5. The van der Waals surface area contributed by atoms with E-state index in [1.54, 1.807) is 38.0 Å². The minimum atomic E-state index is -4.54. The minimum Gasteiger partial charge on any atom is -0.522 e. The van der Waals surface area contributed by atoms with Crippen molar-refractivity contribution in [2.24, 2.45) is 0 Å². The summed E-state index contributed by atoms with van der Waals surface area (Å²) >= 11 is 0. The van der Waals surface area contributed by atoms with E-state index in [4.69, 9.17) is 28.4 Å². The quantitative estimate of drug-likeness (QED) is 0.0227.